The van der Waals surface area contributed by atoms with Crippen LogP contribution in [0.2, 0.25) is 0 Å². The van der Waals surface area contributed by atoms with Crippen LogP contribution in [0.25, 0.3) is 11.0 Å². The Morgan fingerprint density at radius 2 is 1.95 bits per heavy atom. The smallest absolute Gasteiger partial charge is 0.123 e. The standard InChI is InChI=1S/C15H22N4/c1-11-4-5-13-15(12(11)2)18(3)14(17-13)10-19-8-6-16-7-9-19/h4-5,16H,6-10H2,1-3H3. The fourth-order valence-corrected chi connectivity index (χ4v) is 2.85. The van der Waals surface area contributed by atoms with Crippen LogP contribution in [0.3, 0.4) is 0 Å². The molecular formula is C15H22N4. The molecule has 0 radical (unpaired) electrons. The number of nitrogens with zero attached hydrogens (tertiary/aromatic N) is 3. The Morgan fingerprint density at radius 3 is 2.68 bits per heavy atom. The molecule has 1 saturated heterocycles. The van der Waals surface area contributed by atoms with Gasteiger partial charge in [-0.15, -0.1) is 0 Å². The molecule has 0 spiro atoms. The quantitative estimate of drug-likeness (QED) is 0.888. The first kappa shape index (κ1) is 12.6. The van der Waals surface area contributed by atoms with Gasteiger partial charge in [0.2, 0.25) is 0 Å². The fraction of sp³-hybridized carbons (Fsp3) is 0.533. The van der Waals surface area contributed by atoms with Gasteiger partial charge in [-0.1, -0.05) is 6.07 Å². The van der Waals surface area contributed by atoms with Crippen LogP contribution < -0.4 is 5.32 Å². The lowest BCUT2D eigenvalue weighted by atomic mass is 10.1. The van der Waals surface area contributed by atoms with E-state index in [1.165, 1.54) is 22.5 Å². The minimum Gasteiger partial charge on any atom is -0.330 e. The van der Waals surface area contributed by atoms with Gasteiger partial charge in [-0.3, -0.25) is 4.90 Å². The molecule has 0 bridgehead atoms. The Morgan fingerprint density at radius 1 is 1.21 bits per heavy atom. The van der Waals surface area contributed by atoms with Crippen molar-refractivity contribution in [1.29, 1.82) is 0 Å². The monoisotopic (exact) mass is 258 g/mol. The molecule has 0 aliphatic carbocycles. The zero-order valence-electron chi connectivity index (χ0n) is 12.0. The van der Waals surface area contributed by atoms with Gasteiger partial charge in [0.1, 0.15) is 5.82 Å². The first-order chi connectivity index (χ1) is 9.16. The number of hydrogen-bond acceptors (Lipinski definition) is 3. The molecule has 0 atom stereocenters. The van der Waals surface area contributed by atoms with Crippen molar-refractivity contribution in [3.05, 3.63) is 29.1 Å². The van der Waals surface area contributed by atoms with E-state index >= 15 is 0 Å². The summed E-state index contributed by atoms with van der Waals surface area (Å²) in [6.07, 6.45) is 0. The molecule has 102 valence electrons. The van der Waals surface area contributed by atoms with Crippen molar-refractivity contribution in [3.8, 4) is 0 Å². The van der Waals surface area contributed by atoms with Crippen molar-refractivity contribution in [2.75, 3.05) is 26.2 Å². The van der Waals surface area contributed by atoms with Gasteiger partial charge in [0.25, 0.3) is 0 Å². The van der Waals surface area contributed by atoms with Crippen LogP contribution in [-0.2, 0) is 13.6 Å². The molecule has 1 aromatic heterocycles. The Bertz CT molecular complexity index is 594. The van der Waals surface area contributed by atoms with Gasteiger partial charge in [0.15, 0.2) is 0 Å². The summed E-state index contributed by atoms with van der Waals surface area (Å²) in [5.74, 6) is 1.17. The van der Waals surface area contributed by atoms with E-state index in [0.29, 0.717) is 0 Å². The molecular weight excluding hydrogens is 236 g/mol. The zero-order chi connectivity index (χ0) is 13.4. The molecule has 4 nitrogen and oxygen atoms in total. The Kier molecular flexibility index (Phi) is 3.29. The number of hydrogen-bond donors (Lipinski definition) is 1. The van der Waals surface area contributed by atoms with Crippen molar-refractivity contribution in [2.45, 2.75) is 20.4 Å². The molecule has 19 heavy (non-hydrogen) atoms. The summed E-state index contributed by atoms with van der Waals surface area (Å²) >= 11 is 0. The molecule has 3 rings (SSSR count). The van der Waals surface area contributed by atoms with Crippen LogP contribution >= 0.6 is 0 Å². The van der Waals surface area contributed by atoms with Crippen LogP contribution in [0.15, 0.2) is 12.1 Å². The Hall–Kier alpha value is -1.39. The molecule has 1 aliphatic heterocycles. The van der Waals surface area contributed by atoms with E-state index in [0.717, 1.165) is 38.2 Å². The predicted octanol–water partition coefficient (Wildman–Crippen LogP) is 1.60. The minimum absolute atomic E-state index is 0.950. The number of imidazole rings is 1. The van der Waals surface area contributed by atoms with Crippen LogP contribution in [0.5, 0.6) is 0 Å². The maximum absolute atomic E-state index is 4.81. The summed E-state index contributed by atoms with van der Waals surface area (Å²) in [4.78, 5) is 7.28. The molecule has 4 heteroatoms. The maximum Gasteiger partial charge on any atom is 0.123 e. The summed E-state index contributed by atoms with van der Waals surface area (Å²) < 4.78 is 2.26. The second kappa shape index (κ2) is 4.94. The third-order valence-corrected chi connectivity index (χ3v) is 4.23. The van der Waals surface area contributed by atoms with Gasteiger partial charge in [-0.25, -0.2) is 4.98 Å². The predicted molar refractivity (Wildman–Crippen MR) is 78.3 cm³/mol. The summed E-state index contributed by atoms with van der Waals surface area (Å²) in [7, 11) is 2.14. The van der Waals surface area contributed by atoms with Crippen molar-refractivity contribution in [3.63, 3.8) is 0 Å². The normalized spacial score (nSPS) is 17.2. The molecule has 2 heterocycles. The first-order valence-corrected chi connectivity index (χ1v) is 7.01. The van der Waals surface area contributed by atoms with Crippen LogP contribution in [0.1, 0.15) is 17.0 Å². The maximum atomic E-state index is 4.81. The number of piperazine rings is 1. The third-order valence-electron chi connectivity index (χ3n) is 4.23. The van der Waals surface area contributed by atoms with E-state index in [1.54, 1.807) is 0 Å². The number of nitrogens with one attached hydrogen (secondary N) is 1. The van der Waals surface area contributed by atoms with Crippen LogP contribution in [0, 0.1) is 13.8 Å². The minimum atomic E-state index is 0.950. The molecule has 0 amide bonds. The highest BCUT2D eigenvalue weighted by Crippen LogP contribution is 2.22. The van der Waals surface area contributed by atoms with Gasteiger partial charge in [-0.05, 0) is 31.0 Å². The second-order valence-corrected chi connectivity index (χ2v) is 5.49. The molecule has 1 aliphatic rings. The Balaban J connectivity index is 1.96. The van der Waals surface area contributed by atoms with E-state index in [2.05, 4.69) is 47.8 Å². The number of aromatic nitrogens is 2. The Labute approximate surface area is 114 Å². The summed E-state index contributed by atoms with van der Waals surface area (Å²) in [5, 5.41) is 3.39. The molecule has 0 saturated carbocycles. The van der Waals surface area contributed by atoms with E-state index in [1.807, 2.05) is 0 Å². The van der Waals surface area contributed by atoms with Crippen molar-refractivity contribution in [2.24, 2.45) is 7.05 Å². The van der Waals surface area contributed by atoms with E-state index < -0.39 is 0 Å². The number of aryl methyl sites for hydroxylation is 3. The van der Waals surface area contributed by atoms with Crippen LogP contribution in [0.4, 0.5) is 0 Å². The topological polar surface area (TPSA) is 33.1 Å². The lowest BCUT2D eigenvalue weighted by Gasteiger charge is -2.26. The molecule has 0 unspecified atom stereocenters. The van der Waals surface area contributed by atoms with Gasteiger partial charge in [0, 0.05) is 33.2 Å². The SMILES string of the molecule is Cc1ccc2nc(CN3CCNCC3)n(C)c2c1C. The summed E-state index contributed by atoms with van der Waals surface area (Å²) in [6.45, 7) is 9.70. The largest absolute Gasteiger partial charge is 0.330 e. The summed E-state index contributed by atoms with van der Waals surface area (Å²) in [5.41, 5.74) is 5.09. The highest BCUT2D eigenvalue weighted by Gasteiger charge is 2.15. The third kappa shape index (κ3) is 2.26. The van der Waals surface area contributed by atoms with Crippen molar-refractivity contribution < 1.29 is 0 Å². The van der Waals surface area contributed by atoms with Crippen molar-refractivity contribution >= 4 is 11.0 Å². The summed E-state index contributed by atoms with van der Waals surface area (Å²) in [6, 6.07) is 4.30. The van der Waals surface area contributed by atoms with E-state index in [9.17, 15) is 0 Å². The van der Waals surface area contributed by atoms with E-state index in [4.69, 9.17) is 4.98 Å². The first-order valence-electron chi connectivity index (χ1n) is 7.01. The van der Waals surface area contributed by atoms with Gasteiger partial charge in [0.05, 0.1) is 17.6 Å². The molecule has 1 N–H and O–H groups in total. The molecule has 1 aromatic carbocycles. The van der Waals surface area contributed by atoms with Crippen LogP contribution in [-0.4, -0.2) is 40.6 Å². The second-order valence-electron chi connectivity index (χ2n) is 5.49. The number of rotatable bonds is 2. The highest BCUT2D eigenvalue weighted by atomic mass is 15.2. The fourth-order valence-electron chi connectivity index (χ4n) is 2.85. The average molecular weight is 258 g/mol. The molecule has 2 aromatic rings. The van der Waals surface area contributed by atoms with Gasteiger partial charge >= 0.3 is 0 Å². The lowest BCUT2D eigenvalue weighted by Crippen LogP contribution is -2.43. The molecule has 1 fully saturated rings. The van der Waals surface area contributed by atoms with Crippen molar-refractivity contribution in [1.82, 2.24) is 19.8 Å². The van der Waals surface area contributed by atoms with Gasteiger partial charge < -0.3 is 9.88 Å². The average Bonchev–Trinajstić information content (AvgIpc) is 2.73. The van der Waals surface area contributed by atoms with Gasteiger partial charge in [-0.2, -0.15) is 0 Å². The highest BCUT2D eigenvalue weighted by molar-refractivity contribution is 5.80. The number of benzene rings is 1. The van der Waals surface area contributed by atoms with E-state index in [-0.39, 0.29) is 0 Å². The lowest BCUT2D eigenvalue weighted by molar-refractivity contribution is 0.226. The number of fused-ring (bicyclic) bond motifs is 1. The zero-order valence-corrected chi connectivity index (χ0v) is 12.0.